The van der Waals surface area contributed by atoms with E-state index in [1.807, 2.05) is 79.2 Å². The molecule has 3 aromatic carbocycles. The lowest BCUT2D eigenvalue weighted by atomic mass is 10.1. The van der Waals surface area contributed by atoms with Gasteiger partial charge in [0, 0.05) is 12.4 Å². The van der Waals surface area contributed by atoms with Crippen LogP contribution in [0.2, 0.25) is 0 Å². The third kappa shape index (κ3) is 3.03. The molecule has 0 saturated carbocycles. The lowest BCUT2D eigenvalue weighted by Gasteiger charge is -2.14. The maximum atomic E-state index is 13.8. The average molecular weight is 425 g/mol. The summed E-state index contributed by atoms with van der Waals surface area (Å²) in [5.74, 6) is 0.751. The Balaban J connectivity index is 1.90. The fraction of sp³-hybridized carbons (Fsp3) is 0.154. The summed E-state index contributed by atoms with van der Waals surface area (Å²) in [6, 6.07) is 22.7. The number of methoxy groups -OCH3 is 1. The molecule has 0 N–H and O–H groups in total. The summed E-state index contributed by atoms with van der Waals surface area (Å²) in [5, 5.41) is 0.894. The maximum absolute atomic E-state index is 13.8. The van der Waals surface area contributed by atoms with E-state index in [1.165, 1.54) is 4.57 Å². The fourth-order valence-corrected chi connectivity index (χ4v) is 4.33. The van der Waals surface area contributed by atoms with Gasteiger partial charge >= 0.3 is 5.69 Å². The van der Waals surface area contributed by atoms with Gasteiger partial charge in [0.1, 0.15) is 11.3 Å². The second-order valence-corrected chi connectivity index (χ2v) is 7.97. The quantitative estimate of drug-likeness (QED) is 0.437. The topological polar surface area (TPSA) is 58.2 Å². The molecule has 0 atom stereocenters. The molecule has 0 saturated heterocycles. The van der Waals surface area contributed by atoms with E-state index in [1.54, 1.807) is 23.8 Å². The summed E-state index contributed by atoms with van der Waals surface area (Å²) in [6.45, 7) is 2.34. The molecule has 0 radical (unpaired) electrons. The SMILES string of the molecule is COc1ccc(Cn2c(=O)n(-c3ccccc3)c(=O)c3c2c2cc(C)ccc2n3C)cc1. The van der Waals surface area contributed by atoms with E-state index < -0.39 is 0 Å². The first-order chi connectivity index (χ1) is 15.5. The number of hydrogen-bond acceptors (Lipinski definition) is 3. The highest BCUT2D eigenvalue weighted by atomic mass is 16.5. The molecular weight excluding hydrogens is 402 g/mol. The molecule has 2 heterocycles. The van der Waals surface area contributed by atoms with Crippen LogP contribution in [-0.4, -0.2) is 20.8 Å². The first-order valence-electron chi connectivity index (χ1n) is 10.4. The lowest BCUT2D eigenvalue weighted by molar-refractivity contribution is 0.414. The molecule has 0 amide bonds. The Labute approximate surface area is 184 Å². The van der Waals surface area contributed by atoms with Crippen molar-refractivity contribution in [2.45, 2.75) is 13.5 Å². The third-order valence-electron chi connectivity index (χ3n) is 5.94. The second-order valence-electron chi connectivity index (χ2n) is 7.97. The largest absolute Gasteiger partial charge is 0.497 e. The third-order valence-corrected chi connectivity index (χ3v) is 5.94. The van der Waals surface area contributed by atoms with Gasteiger partial charge in [0.25, 0.3) is 5.56 Å². The molecule has 0 bridgehead atoms. The zero-order valence-electron chi connectivity index (χ0n) is 18.2. The molecule has 6 nitrogen and oxygen atoms in total. The molecule has 0 aliphatic rings. The van der Waals surface area contributed by atoms with Gasteiger partial charge in [0.2, 0.25) is 0 Å². The maximum Gasteiger partial charge on any atom is 0.336 e. The van der Waals surface area contributed by atoms with Crippen molar-refractivity contribution in [2.75, 3.05) is 7.11 Å². The van der Waals surface area contributed by atoms with Gasteiger partial charge in [-0.25, -0.2) is 9.36 Å². The normalized spacial score (nSPS) is 11.3. The monoisotopic (exact) mass is 425 g/mol. The summed E-state index contributed by atoms with van der Waals surface area (Å²) < 4.78 is 10.1. The van der Waals surface area contributed by atoms with Crippen molar-refractivity contribution in [1.82, 2.24) is 13.7 Å². The Bertz CT molecular complexity index is 1570. The average Bonchev–Trinajstić information content (AvgIpc) is 3.09. The van der Waals surface area contributed by atoms with Crippen LogP contribution >= 0.6 is 0 Å². The Kier molecular flexibility index (Phi) is 4.70. The van der Waals surface area contributed by atoms with Crippen LogP contribution in [0.1, 0.15) is 11.1 Å². The molecule has 0 spiro atoms. The summed E-state index contributed by atoms with van der Waals surface area (Å²) in [6.07, 6.45) is 0. The molecule has 6 heteroatoms. The number of aryl methyl sites for hydroxylation is 2. The molecule has 5 rings (SSSR count). The highest BCUT2D eigenvalue weighted by Crippen LogP contribution is 2.27. The Morgan fingerprint density at radius 2 is 1.59 bits per heavy atom. The zero-order valence-corrected chi connectivity index (χ0v) is 18.2. The minimum Gasteiger partial charge on any atom is -0.497 e. The van der Waals surface area contributed by atoms with Gasteiger partial charge in [-0.05, 0) is 48.9 Å². The summed E-state index contributed by atoms with van der Waals surface area (Å²) in [5.41, 5.74) is 3.95. The first kappa shape index (κ1) is 19.9. The number of ether oxygens (including phenoxy) is 1. The van der Waals surface area contributed by atoms with Crippen LogP contribution in [0.5, 0.6) is 5.75 Å². The van der Waals surface area contributed by atoms with E-state index in [2.05, 4.69) is 0 Å². The van der Waals surface area contributed by atoms with Gasteiger partial charge in [0.05, 0.1) is 30.4 Å². The van der Waals surface area contributed by atoms with Crippen molar-refractivity contribution < 1.29 is 4.74 Å². The van der Waals surface area contributed by atoms with E-state index in [0.29, 0.717) is 23.3 Å². The predicted octanol–water partition coefficient (Wildman–Crippen LogP) is 4.01. The number of rotatable bonds is 4. The van der Waals surface area contributed by atoms with Crippen LogP contribution in [0.15, 0.2) is 82.4 Å². The number of fused-ring (bicyclic) bond motifs is 3. The number of hydrogen-bond donors (Lipinski definition) is 0. The van der Waals surface area contributed by atoms with Crippen molar-refractivity contribution in [2.24, 2.45) is 7.05 Å². The summed E-state index contributed by atoms with van der Waals surface area (Å²) >= 11 is 0. The van der Waals surface area contributed by atoms with Crippen molar-refractivity contribution >= 4 is 21.9 Å². The van der Waals surface area contributed by atoms with Gasteiger partial charge in [-0.3, -0.25) is 9.36 Å². The molecule has 0 aliphatic heterocycles. The predicted molar refractivity (Wildman–Crippen MR) is 127 cm³/mol. The second kappa shape index (κ2) is 7.57. The Hall–Kier alpha value is -4.06. The number of benzene rings is 3. The number of para-hydroxylation sites is 1. The van der Waals surface area contributed by atoms with E-state index >= 15 is 0 Å². The molecule has 5 aromatic rings. The van der Waals surface area contributed by atoms with Crippen molar-refractivity contribution in [3.05, 3.63) is 105 Å². The number of nitrogens with zero attached hydrogens (tertiary/aromatic N) is 3. The van der Waals surface area contributed by atoms with E-state index in [-0.39, 0.29) is 11.2 Å². The smallest absolute Gasteiger partial charge is 0.336 e. The molecule has 0 unspecified atom stereocenters. The van der Waals surface area contributed by atoms with Crippen LogP contribution in [0.4, 0.5) is 0 Å². The lowest BCUT2D eigenvalue weighted by Crippen LogP contribution is -2.39. The highest BCUT2D eigenvalue weighted by molar-refractivity contribution is 6.06. The molecule has 0 fully saturated rings. The van der Waals surface area contributed by atoms with E-state index in [4.69, 9.17) is 4.74 Å². The van der Waals surface area contributed by atoms with Crippen molar-refractivity contribution in [3.8, 4) is 11.4 Å². The van der Waals surface area contributed by atoms with Crippen LogP contribution in [-0.2, 0) is 13.6 Å². The van der Waals surface area contributed by atoms with Crippen LogP contribution < -0.4 is 16.0 Å². The fourth-order valence-electron chi connectivity index (χ4n) is 4.33. The van der Waals surface area contributed by atoms with Gasteiger partial charge < -0.3 is 9.30 Å². The van der Waals surface area contributed by atoms with Gasteiger partial charge in [-0.1, -0.05) is 42.0 Å². The molecular formula is C26H23N3O3. The Morgan fingerprint density at radius 3 is 2.28 bits per heavy atom. The van der Waals surface area contributed by atoms with Gasteiger partial charge in [0.15, 0.2) is 0 Å². The van der Waals surface area contributed by atoms with Gasteiger partial charge in [-0.15, -0.1) is 0 Å². The zero-order chi connectivity index (χ0) is 22.4. The molecule has 32 heavy (non-hydrogen) atoms. The Morgan fingerprint density at radius 1 is 0.875 bits per heavy atom. The van der Waals surface area contributed by atoms with E-state index in [9.17, 15) is 9.59 Å². The van der Waals surface area contributed by atoms with Gasteiger partial charge in [-0.2, -0.15) is 0 Å². The molecule has 160 valence electrons. The molecule has 0 aliphatic carbocycles. The van der Waals surface area contributed by atoms with Crippen molar-refractivity contribution in [3.63, 3.8) is 0 Å². The molecule has 2 aromatic heterocycles. The first-order valence-corrected chi connectivity index (χ1v) is 10.4. The highest BCUT2D eigenvalue weighted by Gasteiger charge is 2.21. The van der Waals surface area contributed by atoms with Crippen molar-refractivity contribution in [1.29, 1.82) is 0 Å². The summed E-state index contributed by atoms with van der Waals surface area (Å²) in [4.78, 5) is 27.4. The van der Waals surface area contributed by atoms with E-state index in [0.717, 1.165) is 27.8 Å². The van der Waals surface area contributed by atoms with Crippen LogP contribution in [0.3, 0.4) is 0 Å². The summed E-state index contributed by atoms with van der Waals surface area (Å²) in [7, 11) is 3.50. The minimum absolute atomic E-state index is 0.321. The van der Waals surface area contributed by atoms with Crippen LogP contribution in [0.25, 0.3) is 27.6 Å². The standard InChI is InChI=1S/C26H23N3O3/c1-17-9-14-22-21(15-17)23-24(27(22)2)25(30)29(19-7-5-4-6-8-19)26(31)28(23)16-18-10-12-20(32-3)13-11-18/h4-15H,16H2,1-3H3. The van der Waals surface area contributed by atoms with Crippen LogP contribution in [0, 0.1) is 6.92 Å². The number of aromatic nitrogens is 3. The minimum atomic E-state index is -0.362.